The Balaban J connectivity index is 2.07. The van der Waals surface area contributed by atoms with Crippen LogP contribution in [0.2, 0.25) is 0 Å². The highest BCUT2D eigenvalue weighted by atomic mass is 32.2. The highest BCUT2D eigenvalue weighted by Gasteiger charge is 2.33. The number of carbonyl (C=O) groups is 1. The number of methoxy groups -OCH3 is 1. The molecule has 1 amide bonds. The molecule has 128 valence electrons. The molecule has 1 atom stereocenters. The Morgan fingerprint density at radius 1 is 1.35 bits per heavy atom. The zero-order valence-corrected chi connectivity index (χ0v) is 14.8. The van der Waals surface area contributed by atoms with Crippen LogP contribution < -0.4 is 4.74 Å². The number of benzene rings is 1. The number of rotatable bonds is 5. The van der Waals surface area contributed by atoms with Crippen LogP contribution >= 0.6 is 0 Å². The molecule has 1 aliphatic rings. The van der Waals surface area contributed by atoms with Gasteiger partial charge in [-0.15, -0.1) is 0 Å². The van der Waals surface area contributed by atoms with Crippen molar-refractivity contribution < 1.29 is 17.9 Å². The summed E-state index contributed by atoms with van der Waals surface area (Å²) in [7, 11) is -2.01. The summed E-state index contributed by atoms with van der Waals surface area (Å²) in [6, 6.07) is 6.94. The van der Waals surface area contributed by atoms with Crippen LogP contribution in [-0.4, -0.2) is 44.7 Å². The lowest BCUT2D eigenvalue weighted by atomic mass is 9.99. The fraction of sp³-hybridized carbons (Fsp3) is 0.588. The van der Waals surface area contributed by atoms with Crippen molar-refractivity contribution in [1.29, 1.82) is 0 Å². The number of likely N-dealkylation sites (tertiary alicyclic amines) is 1. The van der Waals surface area contributed by atoms with Crippen LogP contribution in [0.1, 0.15) is 32.3 Å². The average Bonchev–Trinajstić information content (AvgIpc) is 2.54. The predicted octanol–water partition coefficient (Wildman–Crippen LogP) is 2.26. The van der Waals surface area contributed by atoms with Gasteiger partial charge in [0.25, 0.3) is 0 Å². The summed E-state index contributed by atoms with van der Waals surface area (Å²) >= 11 is 0. The Morgan fingerprint density at radius 3 is 2.61 bits per heavy atom. The summed E-state index contributed by atoms with van der Waals surface area (Å²) < 4.78 is 30.2. The van der Waals surface area contributed by atoms with Gasteiger partial charge in [-0.3, -0.25) is 4.79 Å². The molecule has 0 radical (unpaired) electrons. The van der Waals surface area contributed by atoms with Crippen LogP contribution in [0.15, 0.2) is 24.3 Å². The maximum absolute atomic E-state index is 12.6. The Labute approximate surface area is 138 Å². The van der Waals surface area contributed by atoms with Crippen LogP contribution in [0.5, 0.6) is 5.75 Å². The first kappa shape index (κ1) is 17.8. The number of ether oxygens (including phenoxy) is 1. The number of carbonyl (C=O) groups excluding carboxylic acids is 1. The van der Waals surface area contributed by atoms with E-state index in [0.29, 0.717) is 30.3 Å². The van der Waals surface area contributed by atoms with Crippen molar-refractivity contribution in [1.82, 2.24) is 4.90 Å². The van der Waals surface area contributed by atoms with E-state index in [4.69, 9.17) is 4.74 Å². The second-order valence-corrected chi connectivity index (χ2v) is 8.63. The number of hydrogen-bond acceptors (Lipinski definition) is 4. The smallest absolute Gasteiger partial charge is 0.240 e. The minimum atomic E-state index is -3.55. The minimum absolute atomic E-state index is 0.151. The van der Waals surface area contributed by atoms with Crippen molar-refractivity contribution in [3.63, 3.8) is 0 Å². The summed E-state index contributed by atoms with van der Waals surface area (Å²) in [5.41, 5.74) is 0.635. The molecule has 6 heteroatoms. The highest BCUT2D eigenvalue weighted by Crippen LogP contribution is 2.21. The zero-order valence-electron chi connectivity index (χ0n) is 14.0. The molecule has 0 bridgehead atoms. The third-order valence-corrected chi connectivity index (χ3v) is 6.50. The van der Waals surface area contributed by atoms with Crippen LogP contribution in [-0.2, 0) is 20.4 Å². The van der Waals surface area contributed by atoms with Gasteiger partial charge in [-0.2, -0.15) is 0 Å². The molecule has 1 aromatic carbocycles. The van der Waals surface area contributed by atoms with Crippen molar-refractivity contribution >= 4 is 15.7 Å². The second kappa shape index (κ2) is 7.34. The number of sulfone groups is 1. The molecule has 1 aliphatic heterocycles. The number of hydrogen-bond donors (Lipinski definition) is 0. The van der Waals surface area contributed by atoms with Crippen molar-refractivity contribution in [2.45, 2.75) is 37.7 Å². The summed E-state index contributed by atoms with van der Waals surface area (Å²) in [6.45, 7) is 4.96. The van der Waals surface area contributed by atoms with E-state index in [2.05, 4.69) is 6.92 Å². The maximum atomic E-state index is 12.6. The first-order valence-corrected chi connectivity index (χ1v) is 9.68. The van der Waals surface area contributed by atoms with Gasteiger partial charge in [0, 0.05) is 13.1 Å². The van der Waals surface area contributed by atoms with Crippen molar-refractivity contribution in [3.8, 4) is 5.75 Å². The second-order valence-electron chi connectivity index (χ2n) is 6.31. The normalized spacial score (nSPS) is 17.8. The number of piperidine rings is 1. The molecule has 0 aromatic heterocycles. The van der Waals surface area contributed by atoms with E-state index in [-0.39, 0.29) is 11.7 Å². The topological polar surface area (TPSA) is 63.7 Å². The molecule has 0 N–H and O–H groups in total. The fourth-order valence-electron chi connectivity index (χ4n) is 2.76. The molecule has 1 saturated heterocycles. The van der Waals surface area contributed by atoms with E-state index in [9.17, 15) is 13.2 Å². The summed E-state index contributed by atoms with van der Waals surface area (Å²) in [6.07, 6.45) is 1.88. The van der Waals surface area contributed by atoms with E-state index in [0.717, 1.165) is 12.8 Å². The first-order chi connectivity index (χ1) is 10.8. The van der Waals surface area contributed by atoms with Crippen LogP contribution in [0, 0.1) is 5.92 Å². The zero-order chi connectivity index (χ0) is 17.0. The third kappa shape index (κ3) is 4.47. The van der Waals surface area contributed by atoms with Crippen molar-refractivity contribution in [3.05, 3.63) is 29.8 Å². The minimum Gasteiger partial charge on any atom is -0.497 e. The van der Waals surface area contributed by atoms with Crippen LogP contribution in [0.4, 0.5) is 0 Å². The van der Waals surface area contributed by atoms with Gasteiger partial charge in [-0.1, -0.05) is 19.1 Å². The lowest BCUT2D eigenvalue weighted by molar-refractivity contribution is -0.131. The molecule has 5 nitrogen and oxygen atoms in total. The van der Waals surface area contributed by atoms with Gasteiger partial charge in [0.15, 0.2) is 9.84 Å². The summed E-state index contributed by atoms with van der Waals surface area (Å²) in [4.78, 5) is 14.2. The highest BCUT2D eigenvalue weighted by molar-refractivity contribution is 7.92. The van der Waals surface area contributed by atoms with E-state index in [1.165, 1.54) is 14.0 Å². The van der Waals surface area contributed by atoms with E-state index < -0.39 is 15.1 Å². The van der Waals surface area contributed by atoms with E-state index in [1.54, 1.807) is 29.2 Å². The Bertz CT molecular complexity index is 648. The molecule has 0 aliphatic carbocycles. The Morgan fingerprint density at radius 2 is 2.00 bits per heavy atom. The Hall–Kier alpha value is -1.56. The van der Waals surface area contributed by atoms with E-state index in [1.807, 2.05) is 0 Å². The van der Waals surface area contributed by atoms with Gasteiger partial charge < -0.3 is 9.64 Å². The van der Waals surface area contributed by atoms with Crippen LogP contribution in [0.3, 0.4) is 0 Å². The molecular weight excluding hydrogens is 314 g/mol. The lowest BCUT2D eigenvalue weighted by Gasteiger charge is -2.32. The molecule has 1 fully saturated rings. The van der Waals surface area contributed by atoms with Gasteiger partial charge >= 0.3 is 0 Å². The lowest BCUT2D eigenvalue weighted by Crippen LogP contribution is -2.45. The first-order valence-electron chi connectivity index (χ1n) is 7.97. The van der Waals surface area contributed by atoms with Gasteiger partial charge in [0.2, 0.25) is 5.91 Å². The fourth-order valence-corrected chi connectivity index (χ4v) is 4.11. The van der Waals surface area contributed by atoms with Crippen molar-refractivity contribution in [2.75, 3.05) is 20.2 Å². The number of amides is 1. The van der Waals surface area contributed by atoms with Gasteiger partial charge in [0.1, 0.15) is 11.0 Å². The van der Waals surface area contributed by atoms with Gasteiger partial charge in [0.05, 0.1) is 12.9 Å². The third-order valence-electron chi connectivity index (χ3n) is 4.48. The predicted molar refractivity (Wildman–Crippen MR) is 90.1 cm³/mol. The quantitative estimate of drug-likeness (QED) is 0.825. The molecule has 23 heavy (non-hydrogen) atoms. The molecule has 0 saturated carbocycles. The maximum Gasteiger partial charge on any atom is 0.240 e. The standard InChI is InChI=1S/C17H25NO4S/c1-13-7-9-18(10-8-13)17(19)14(2)23(20,21)12-15-5-4-6-16(11-15)22-3/h4-6,11,13-14H,7-10,12H2,1-3H3. The molecule has 1 unspecified atom stereocenters. The monoisotopic (exact) mass is 339 g/mol. The average molecular weight is 339 g/mol. The van der Waals surface area contributed by atoms with Crippen molar-refractivity contribution in [2.24, 2.45) is 5.92 Å². The largest absolute Gasteiger partial charge is 0.497 e. The van der Waals surface area contributed by atoms with Gasteiger partial charge in [-0.05, 0) is 43.4 Å². The molecule has 0 spiro atoms. The Kier molecular flexibility index (Phi) is 5.68. The van der Waals surface area contributed by atoms with E-state index >= 15 is 0 Å². The van der Waals surface area contributed by atoms with Gasteiger partial charge in [-0.25, -0.2) is 8.42 Å². The summed E-state index contributed by atoms with van der Waals surface area (Å²) in [5.74, 6) is 0.783. The molecule has 1 aromatic rings. The number of nitrogens with zero attached hydrogens (tertiary/aromatic N) is 1. The summed E-state index contributed by atoms with van der Waals surface area (Å²) in [5, 5.41) is -1.01. The molecule has 2 rings (SSSR count). The molecule has 1 heterocycles. The van der Waals surface area contributed by atoms with Crippen LogP contribution in [0.25, 0.3) is 0 Å². The molecular formula is C17H25NO4S. The SMILES string of the molecule is COc1cccc(CS(=O)(=O)C(C)C(=O)N2CCC(C)CC2)c1.